The lowest BCUT2D eigenvalue weighted by atomic mass is 10.0. The number of hydrogen-bond acceptors (Lipinski definition) is 6. The summed E-state index contributed by atoms with van der Waals surface area (Å²) in [6.45, 7) is 2.73. The maximum Gasteiger partial charge on any atom is 0.266 e. The Hall–Kier alpha value is -3.24. The summed E-state index contributed by atoms with van der Waals surface area (Å²) in [5.41, 5.74) is 8.25. The van der Waals surface area contributed by atoms with Gasteiger partial charge >= 0.3 is 0 Å². The summed E-state index contributed by atoms with van der Waals surface area (Å²) in [6, 6.07) is 13.9. The molecule has 1 aliphatic heterocycles. The second kappa shape index (κ2) is 9.32. The molecule has 10 heteroatoms. The van der Waals surface area contributed by atoms with Crippen LogP contribution in [0, 0.1) is 11.8 Å². The van der Waals surface area contributed by atoms with Crippen molar-refractivity contribution in [2.24, 2.45) is 5.73 Å². The largest absolute Gasteiger partial charge is 0.471 e. The molecule has 3 N–H and O–H groups in total. The predicted octanol–water partition coefficient (Wildman–Crippen LogP) is 3.97. The Kier molecular flexibility index (Phi) is 6.48. The van der Waals surface area contributed by atoms with Gasteiger partial charge < -0.3 is 15.4 Å². The number of nitrogens with one attached hydrogen (secondary N) is 1. The first-order chi connectivity index (χ1) is 15.8. The summed E-state index contributed by atoms with van der Waals surface area (Å²) in [7, 11) is -4.35. The van der Waals surface area contributed by atoms with Crippen molar-refractivity contribution < 1.29 is 21.9 Å². The van der Waals surface area contributed by atoms with E-state index >= 15 is 0 Å². The van der Waals surface area contributed by atoms with E-state index < -0.39 is 26.7 Å². The zero-order valence-electron chi connectivity index (χ0n) is 18.0. The van der Waals surface area contributed by atoms with E-state index in [1.54, 1.807) is 0 Å². The van der Waals surface area contributed by atoms with Crippen molar-refractivity contribution in [3.05, 3.63) is 77.5 Å². The lowest BCUT2D eigenvalue weighted by molar-refractivity contribution is 0.336. The monoisotopic (exact) mass is 474 g/mol. The molecule has 2 aromatic carbocycles. The van der Waals surface area contributed by atoms with Gasteiger partial charge in [-0.25, -0.2) is 17.8 Å². The summed E-state index contributed by atoms with van der Waals surface area (Å²) >= 11 is 0. The molecule has 33 heavy (non-hydrogen) atoms. The number of halogens is 2. The first-order valence-corrected chi connectivity index (χ1v) is 11.9. The van der Waals surface area contributed by atoms with Crippen LogP contribution in [0.4, 0.5) is 20.3 Å². The second-order valence-electron chi connectivity index (χ2n) is 7.76. The van der Waals surface area contributed by atoms with Crippen molar-refractivity contribution in [1.29, 1.82) is 0 Å². The van der Waals surface area contributed by atoms with E-state index in [4.69, 9.17) is 10.5 Å². The third kappa shape index (κ3) is 4.91. The quantitative estimate of drug-likeness (QED) is 0.480. The molecule has 0 spiro atoms. The first-order valence-electron chi connectivity index (χ1n) is 10.5. The molecule has 0 saturated heterocycles. The van der Waals surface area contributed by atoms with Crippen molar-refractivity contribution in [2.75, 3.05) is 22.9 Å². The summed E-state index contributed by atoms with van der Waals surface area (Å²) in [6.07, 6.45) is 1.75. The van der Waals surface area contributed by atoms with Gasteiger partial charge in [-0.2, -0.15) is 4.39 Å². The Morgan fingerprint density at radius 3 is 2.73 bits per heavy atom. The predicted molar refractivity (Wildman–Crippen MR) is 122 cm³/mol. The molecule has 1 atom stereocenters. The lowest BCUT2D eigenvalue weighted by Crippen LogP contribution is -2.26. The highest BCUT2D eigenvalue weighted by molar-refractivity contribution is 7.92. The number of aryl methyl sites for hydroxylation is 1. The highest BCUT2D eigenvalue weighted by atomic mass is 32.2. The van der Waals surface area contributed by atoms with Crippen molar-refractivity contribution in [2.45, 2.75) is 30.7 Å². The molecule has 7 nitrogen and oxygen atoms in total. The molecule has 1 aromatic heterocycles. The smallest absolute Gasteiger partial charge is 0.266 e. The van der Waals surface area contributed by atoms with Gasteiger partial charge in [0.25, 0.3) is 10.0 Å². The van der Waals surface area contributed by atoms with Crippen LogP contribution in [-0.4, -0.2) is 26.7 Å². The second-order valence-corrected chi connectivity index (χ2v) is 9.41. The molecule has 2 heterocycles. The molecular weight excluding hydrogens is 450 g/mol. The average Bonchev–Trinajstić information content (AvgIpc) is 3.19. The van der Waals surface area contributed by atoms with Crippen LogP contribution in [0.2, 0.25) is 0 Å². The average molecular weight is 475 g/mol. The molecule has 0 saturated carbocycles. The number of sulfonamides is 1. The van der Waals surface area contributed by atoms with Crippen LogP contribution in [0.25, 0.3) is 0 Å². The van der Waals surface area contributed by atoms with Crippen LogP contribution in [0.3, 0.4) is 0 Å². The fourth-order valence-electron chi connectivity index (χ4n) is 3.75. The zero-order valence-corrected chi connectivity index (χ0v) is 18.8. The van der Waals surface area contributed by atoms with Crippen molar-refractivity contribution in [3.63, 3.8) is 0 Å². The Bertz CT molecular complexity index is 1270. The Morgan fingerprint density at radius 2 is 1.97 bits per heavy atom. The van der Waals surface area contributed by atoms with Gasteiger partial charge in [0, 0.05) is 12.1 Å². The van der Waals surface area contributed by atoms with Crippen LogP contribution in [0.1, 0.15) is 30.5 Å². The van der Waals surface area contributed by atoms with Crippen LogP contribution >= 0.6 is 0 Å². The zero-order chi connectivity index (χ0) is 23.6. The van der Waals surface area contributed by atoms with Crippen molar-refractivity contribution in [1.82, 2.24) is 4.98 Å². The number of benzene rings is 2. The van der Waals surface area contributed by atoms with Gasteiger partial charge in [-0.05, 0) is 49.6 Å². The fraction of sp³-hybridized carbons (Fsp3) is 0.261. The molecule has 0 bridgehead atoms. The summed E-state index contributed by atoms with van der Waals surface area (Å²) < 4.78 is 61.4. The maximum absolute atomic E-state index is 15.0. The van der Waals surface area contributed by atoms with Gasteiger partial charge in [0.15, 0.2) is 6.73 Å². The van der Waals surface area contributed by atoms with Crippen LogP contribution in [0.15, 0.2) is 59.5 Å². The van der Waals surface area contributed by atoms with Crippen LogP contribution in [-0.2, 0) is 16.4 Å². The van der Waals surface area contributed by atoms with Crippen molar-refractivity contribution >= 4 is 21.5 Å². The molecule has 0 amide bonds. The van der Waals surface area contributed by atoms with E-state index in [2.05, 4.69) is 15.8 Å². The molecule has 0 aliphatic carbocycles. The number of nitrogens with zero attached hydrogens (tertiary/aromatic N) is 2. The highest BCUT2D eigenvalue weighted by Gasteiger charge is 2.31. The Labute approximate surface area is 191 Å². The third-order valence-corrected chi connectivity index (χ3v) is 6.87. The summed E-state index contributed by atoms with van der Waals surface area (Å²) in [4.78, 5) is 4.71. The molecule has 3 aromatic rings. The molecule has 0 fully saturated rings. The van der Waals surface area contributed by atoms with Crippen LogP contribution < -0.4 is 20.1 Å². The highest BCUT2D eigenvalue weighted by Crippen LogP contribution is 2.41. The minimum absolute atomic E-state index is 0.138. The normalized spacial score (nSPS) is 14.0. The van der Waals surface area contributed by atoms with E-state index in [0.29, 0.717) is 12.2 Å². The van der Waals surface area contributed by atoms with E-state index in [9.17, 15) is 17.2 Å². The number of fused-ring (bicyclic) bond motifs is 1. The number of aromatic nitrogens is 1. The van der Waals surface area contributed by atoms with Gasteiger partial charge in [0.2, 0.25) is 5.95 Å². The maximum atomic E-state index is 15.0. The van der Waals surface area contributed by atoms with Gasteiger partial charge in [0.05, 0.1) is 11.7 Å². The molecule has 1 aliphatic rings. The molecular formula is C23H24F2N4O3S. The summed E-state index contributed by atoms with van der Waals surface area (Å²) in [5.74, 6) is -1.81. The van der Waals surface area contributed by atoms with E-state index in [0.717, 1.165) is 42.2 Å². The van der Waals surface area contributed by atoms with Gasteiger partial charge in [-0.1, -0.05) is 30.3 Å². The summed E-state index contributed by atoms with van der Waals surface area (Å²) in [5, 5.41) is 0. The minimum atomic E-state index is -4.35. The molecule has 4 rings (SSSR count). The standard InChI is InChI=1S/C23H24F2N4O3S/c1-15(17-7-2-5-16(11-17)6-4-10-26)29-14-32-20-13-21(18(24)12-19(20)29)33(30,31)28-23-9-3-8-22(25)27-23/h2-3,5,7-9,11-13,15H,4,6,10,14,26H2,1H3,(H,27,28)/t15-/m1/s1. The Morgan fingerprint density at radius 1 is 1.18 bits per heavy atom. The Balaban J connectivity index is 1.60. The number of pyridine rings is 1. The molecule has 174 valence electrons. The van der Waals surface area contributed by atoms with E-state index in [-0.39, 0.29) is 24.3 Å². The number of ether oxygens (including phenoxy) is 1. The third-order valence-electron chi connectivity index (χ3n) is 5.50. The number of rotatable bonds is 8. The fourth-order valence-corrected chi connectivity index (χ4v) is 4.83. The lowest BCUT2D eigenvalue weighted by Gasteiger charge is -2.26. The van der Waals surface area contributed by atoms with Gasteiger partial charge in [0.1, 0.15) is 22.3 Å². The SMILES string of the molecule is C[C@H](c1cccc(CCCN)c1)N1COc2cc(S(=O)(=O)Nc3cccc(F)n3)c(F)cc21. The topological polar surface area (TPSA) is 97.5 Å². The van der Waals surface area contributed by atoms with E-state index in [1.807, 2.05) is 30.0 Å². The molecule has 0 unspecified atom stereocenters. The van der Waals surface area contributed by atoms with Crippen LogP contribution in [0.5, 0.6) is 5.75 Å². The van der Waals surface area contributed by atoms with Gasteiger partial charge in [-0.3, -0.25) is 4.72 Å². The number of hydrogen-bond donors (Lipinski definition) is 2. The number of nitrogens with two attached hydrogens (primary N) is 1. The molecule has 0 radical (unpaired) electrons. The minimum Gasteiger partial charge on any atom is -0.471 e. The van der Waals surface area contributed by atoms with Crippen molar-refractivity contribution in [3.8, 4) is 5.75 Å². The van der Waals surface area contributed by atoms with Gasteiger partial charge in [-0.15, -0.1) is 0 Å². The van der Waals surface area contributed by atoms with E-state index in [1.165, 1.54) is 12.1 Å². The first kappa shape index (κ1) is 22.9. The number of anilines is 2.